The van der Waals surface area contributed by atoms with Gasteiger partial charge in [0.2, 0.25) is 5.91 Å². The molecule has 1 heterocycles. The topological polar surface area (TPSA) is 110 Å². The summed E-state index contributed by atoms with van der Waals surface area (Å²) in [7, 11) is 0. The summed E-state index contributed by atoms with van der Waals surface area (Å²) in [6, 6.07) is 3.90. The van der Waals surface area contributed by atoms with Crippen molar-refractivity contribution in [1.82, 2.24) is 5.32 Å². The third kappa shape index (κ3) is 2.17. The number of nitrogens with one attached hydrogen (secondary N) is 1. The van der Waals surface area contributed by atoms with Crippen LogP contribution in [0.25, 0.3) is 0 Å². The molecule has 0 fully saturated rings. The van der Waals surface area contributed by atoms with E-state index in [0.29, 0.717) is 11.3 Å². The van der Waals surface area contributed by atoms with Crippen LogP contribution in [0, 0.1) is 6.92 Å². The third-order valence-electron chi connectivity index (χ3n) is 2.76. The summed E-state index contributed by atoms with van der Waals surface area (Å²) >= 11 is 0. The number of hydrogen-bond donors (Lipinski definition) is 2. The molecule has 0 atom stereocenters. The van der Waals surface area contributed by atoms with Crippen LogP contribution < -0.4 is 16.0 Å². The fourth-order valence-corrected chi connectivity index (χ4v) is 2.01. The first kappa shape index (κ1) is 12.7. The van der Waals surface area contributed by atoms with Gasteiger partial charge in [-0.05, 0) is 18.6 Å². The zero-order valence-electron chi connectivity index (χ0n) is 10.1. The molecule has 3 N–H and O–H groups in total. The molecule has 1 aromatic carbocycles. The van der Waals surface area contributed by atoms with Gasteiger partial charge in [0.15, 0.2) is 0 Å². The van der Waals surface area contributed by atoms with Crippen molar-refractivity contribution in [2.45, 2.75) is 6.92 Å². The second-order valence-corrected chi connectivity index (χ2v) is 4.10. The number of benzene rings is 1. The number of aryl methyl sites for hydroxylation is 1. The lowest BCUT2D eigenvalue weighted by atomic mass is 10.1. The maximum Gasteiger partial charge on any atom is 0.318 e. The van der Waals surface area contributed by atoms with E-state index < -0.39 is 30.2 Å². The first-order chi connectivity index (χ1) is 8.91. The van der Waals surface area contributed by atoms with Crippen molar-refractivity contribution in [2.75, 3.05) is 11.4 Å². The number of imide groups is 1. The summed E-state index contributed by atoms with van der Waals surface area (Å²) in [4.78, 5) is 46.6. The molecular weight excluding hydrogens is 250 g/mol. The van der Waals surface area contributed by atoms with Gasteiger partial charge in [-0.3, -0.25) is 24.6 Å². The number of urea groups is 1. The van der Waals surface area contributed by atoms with E-state index in [2.05, 4.69) is 0 Å². The number of carbonyl (C=O) groups is 4. The molecule has 98 valence electrons. The third-order valence-corrected chi connectivity index (χ3v) is 2.76. The Morgan fingerprint density at radius 3 is 2.63 bits per heavy atom. The van der Waals surface area contributed by atoms with Crippen LogP contribution in [0.5, 0.6) is 0 Å². The lowest BCUT2D eigenvalue weighted by Gasteiger charge is -2.17. The molecule has 0 aliphatic carbocycles. The highest BCUT2D eigenvalue weighted by Crippen LogP contribution is 2.31. The molecular formula is C12H11N3O4. The highest BCUT2D eigenvalue weighted by molar-refractivity contribution is 6.52. The Kier molecular flexibility index (Phi) is 3.04. The van der Waals surface area contributed by atoms with Crippen molar-refractivity contribution in [3.8, 4) is 0 Å². The van der Waals surface area contributed by atoms with Crippen LogP contribution in [-0.2, 0) is 9.59 Å². The number of nitrogens with two attached hydrogens (primary N) is 1. The summed E-state index contributed by atoms with van der Waals surface area (Å²) in [6.07, 6.45) is 0. The molecule has 0 aromatic heterocycles. The average Bonchev–Trinajstić information content (AvgIpc) is 2.55. The van der Waals surface area contributed by atoms with Gasteiger partial charge >= 0.3 is 6.03 Å². The van der Waals surface area contributed by atoms with E-state index in [1.165, 1.54) is 6.07 Å². The zero-order chi connectivity index (χ0) is 14.2. The van der Waals surface area contributed by atoms with Gasteiger partial charge in [-0.2, -0.15) is 0 Å². The number of para-hydroxylation sites is 1. The van der Waals surface area contributed by atoms with E-state index in [0.717, 1.165) is 4.90 Å². The monoisotopic (exact) mass is 261 g/mol. The van der Waals surface area contributed by atoms with E-state index in [4.69, 9.17) is 5.73 Å². The molecule has 1 aliphatic heterocycles. The largest absolute Gasteiger partial charge is 0.351 e. The van der Waals surface area contributed by atoms with Crippen molar-refractivity contribution in [3.05, 3.63) is 29.3 Å². The smallest absolute Gasteiger partial charge is 0.318 e. The van der Waals surface area contributed by atoms with E-state index in [1.54, 1.807) is 19.1 Å². The number of primary amides is 1. The fraction of sp³-hybridized carbons (Fsp3) is 0.167. The van der Waals surface area contributed by atoms with Gasteiger partial charge in [0.1, 0.15) is 6.54 Å². The number of Topliss-reactive ketones (excluding diaryl/α,β-unsaturated/α-hetero) is 1. The van der Waals surface area contributed by atoms with Crippen LogP contribution in [0.15, 0.2) is 18.2 Å². The van der Waals surface area contributed by atoms with E-state index in [1.807, 2.05) is 5.32 Å². The van der Waals surface area contributed by atoms with Crippen LogP contribution in [0.3, 0.4) is 0 Å². The van der Waals surface area contributed by atoms with Crippen LogP contribution in [0.4, 0.5) is 10.5 Å². The predicted octanol–water partition coefficient (Wildman–Crippen LogP) is -0.281. The number of rotatable bonds is 2. The van der Waals surface area contributed by atoms with Gasteiger partial charge in [-0.25, -0.2) is 4.79 Å². The van der Waals surface area contributed by atoms with Gasteiger partial charge < -0.3 is 5.73 Å². The van der Waals surface area contributed by atoms with Crippen molar-refractivity contribution in [3.63, 3.8) is 0 Å². The summed E-state index contributed by atoms with van der Waals surface area (Å²) in [6.45, 7) is 1.30. The Labute approximate surface area is 108 Å². The molecule has 0 spiro atoms. The predicted molar refractivity (Wildman–Crippen MR) is 65.6 cm³/mol. The SMILES string of the molecule is Cc1cccc2c1N(CC(=O)NC(N)=O)C(=O)C2=O. The maximum atomic E-state index is 11.8. The van der Waals surface area contributed by atoms with Crippen LogP contribution in [-0.4, -0.2) is 30.2 Å². The highest BCUT2D eigenvalue weighted by atomic mass is 16.2. The minimum atomic E-state index is -1.01. The van der Waals surface area contributed by atoms with Crippen LogP contribution in [0.2, 0.25) is 0 Å². The Bertz CT molecular complexity index is 609. The van der Waals surface area contributed by atoms with Gasteiger partial charge in [0.25, 0.3) is 11.7 Å². The first-order valence-electron chi connectivity index (χ1n) is 5.47. The molecule has 1 aliphatic rings. The quantitative estimate of drug-likeness (QED) is 0.713. The number of amides is 4. The second kappa shape index (κ2) is 4.52. The molecule has 7 heteroatoms. The lowest BCUT2D eigenvalue weighted by Crippen LogP contribution is -2.44. The Hall–Kier alpha value is -2.70. The highest BCUT2D eigenvalue weighted by Gasteiger charge is 2.37. The van der Waals surface area contributed by atoms with Crippen molar-refractivity contribution >= 4 is 29.3 Å². The van der Waals surface area contributed by atoms with E-state index in [9.17, 15) is 19.2 Å². The van der Waals surface area contributed by atoms with Crippen molar-refractivity contribution in [1.29, 1.82) is 0 Å². The summed E-state index contributed by atoms with van der Waals surface area (Å²) in [5.41, 5.74) is 6.17. The molecule has 0 radical (unpaired) electrons. The van der Waals surface area contributed by atoms with E-state index >= 15 is 0 Å². The fourth-order valence-electron chi connectivity index (χ4n) is 2.01. The Morgan fingerprint density at radius 1 is 1.32 bits per heavy atom. The molecule has 19 heavy (non-hydrogen) atoms. The van der Waals surface area contributed by atoms with E-state index in [-0.39, 0.29) is 5.56 Å². The number of ketones is 1. The Balaban J connectivity index is 2.33. The maximum absolute atomic E-state index is 11.8. The molecule has 0 saturated carbocycles. The summed E-state index contributed by atoms with van der Waals surface area (Å²) < 4.78 is 0. The standard InChI is InChI=1S/C12H11N3O4/c1-6-3-2-4-7-9(6)15(11(18)10(7)17)5-8(16)14-12(13)19/h2-4H,5H2,1H3,(H3,13,14,16,19). The van der Waals surface area contributed by atoms with Crippen LogP contribution >= 0.6 is 0 Å². The normalized spacial score (nSPS) is 13.4. The summed E-state index contributed by atoms with van der Waals surface area (Å²) in [5, 5.41) is 1.85. The lowest BCUT2D eigenvalue weighted by molar-refractivity contribution is -0.121. The number of hydrogen-bond acceptors (Lipinski definition) is 4. The molecule has 2 rings (SSSR count). The van der Waals surface area contributed by atoms with Crippen LogP contribution in [0.1, 0.15) is 15.9 Å². The molecule has 0 bridgehead atoms. The molecule has 1 aromatic rings. The molecule has 4 amide bonds. The van der Waals surface area contributed by atoms with Gasteiger partial charge in [-0.1, -0.05) is 12.1 Å². The molecule has 0 saturated heterocycles. The summed E-state index contributed by atoms with van der Waals surface area (Å²) in [5.74, 6) is -2.20. The van der Waals surface area contributed by atoms with Crippen molar-refractivity contribution in [2.24, 2.45) is 5.73 Å². The second-order valence-electron chi connectivity index (χ2n) is 4.10. The molecule has 7 nitrogen and oxygen atoms in total. The van der Waals surface area contributed by atoms with Gasteiger partial charge in [0.05, 0.1) is 11.3 Å². The molecule has 0 unspecified atom stereocenters. The minimum Gasteiger partial charge on any atom is -0.351 e. The number of fused-ring (bicyclic) bond motifs is 1. The number of anilines is 1. The number of carbonyl (C=O) groups excluding carboxylic acids is 4. The van der Waals surface area contributed by atoms with Crippen molar-refractivity contribution < 1.29 is 19.2 Å². The van der Waals surface area contributed by atoms with Gasteiger partial charge in [-0.15, -0.1) is 0 Å². The number of nitrogens with zero attached hydrogens (tertiary/aromatic N) is 1. The minimum absolute atomic E-state index is 0.261. The zero-order valence-corrected chi connectivity index (χ0v) is 10.1. The Morgan fingerprint density at radius 2 is 2.00 bits per heavy atom. The van der Waals surface area contributed by atoms with Gasteiger partial charge in [0, 0.05) is 0 Å². The first-order valence-corrected chi connectivity index (χ1v) is 5.47. The average molecular weight is 261 g/mol.